The lowest BCUT2D eigenvalue weighted by molar-refractivity contribution is 0.482. The monoisotopic (exact) mass is 290 g/mol. The van der Waals surface area contributed by atoms with Crippen molar-refractivity contribution in [1.29, 1.82) is 5.41 Å². The average molecular weight is 291 g/mol. The lowest BCUT2D eigenvalue weighted by Crippen LogP contribution is -2.10. The first-order valence-electron chi connectivity index (χ1n) is 5.03. The zero-order valence-corrected chi connectivity index (χ0v) is 10.6. The van der Waals surface area contributed by atoms with E-state index in [2.05, 4.69) is 15.9 Å². The summed E-state index contributed by atoms with van der Waals surface area (Å²) in [6, 6.07) is 14.7. The van der Waals surface area contributed by atoms with E-state index in [0.29, 0.717) is 5.56 Å². The van der Waals surface area contributed by atoms with E-state index in [1.807, 2.05) is 24.3 Å². The Bertz CT molecular complexity index is 520. The molecular weight excluding hydrogens is 280 g/mol. The maximum Gasteiger partial charge on any atom is 0.127 e. The Morgan fingerprint density at radius 2 is 1.41 bits per heavy atom. The van der Waals surface area contributed by atoms with Crippen LogP contribution in [0.3, 0.4) is 0 Å². The van der Waals surface area contributed by atoms with Crippen LogP contribution in [0, 0.1) is 5.41 Å². The van der Waals surface area contributed by atoms with Gasteiger partial charge in [-0.3, -0.25) is 5.41 Å². The van der Waals surface area contributed by atoms with Gasteiger partial charge in [0.25, 0.3) is 0 Å². The first-order valence-corrected chi connectivity index (χ1v) is 5.82. The molecule has 3 N–H and O–H groups in total. The van der Waals surface area contributed by atoms with E-state index in [0.717, 1.165) is 16.0 Å². The number of rotatable bonds is 3. The van der Waals surface area contributed by atoms with Crippen molar-refractivity contribution in [2.24, 2.45) is 5.73 Å². The van der Waals surface area contributed by atoms with Gasteiger partial charge in [-0.1, -0.05) is 15.9 Å². The third-order valence-corrected chi connectivity index (χ3v) is 2.74. The molecule has 86 valence electrons. The van der Waals surface area contributed by atoms with Crippen molar-refractivity contribution in [3.63, 3.8) is 0 Å². The van der Waals surface area contributed by atoms with Crippen molar-refractivity contribution in [1.82, 2.24) is 0 Å². The molecule has 0 saturated heterocycles. The molecule has 0 heterocycles. The van der Waals surface area contributed by atoms with Gasteiger partial charge < -0.3 is 10.5 Å². The Morgan fingerprint density at radius 3 is 1.88 bits per heavy atom. The van der Waals surface area contributed by atoms with Crippen molar-refractivity contribution in [2.45, 2.75) is 0 Å². The van der Waals surface area contributed by atoms with Crippen molar-refractivity contribution in [3.8, 4) is 11.5 Å². The fourth-order valence-electron chi connectivity index (χ4n) is 1.34. The van der Waals surface area contributed by atoms with Gasteiger partial charge in [0.15, 0.2) is 0 Å². The number of benzene rings is 2. The Morgan fingerprint density at radius 1 is 0.941 bits per heavy atom. The van der Waals surface area contributed by atoms with Crippen molar-refractivity contribution in [2.75, 3.05) is 0 Å². The third kappa shape index (κ3) is 3.07. The summed E-state index contributed by atoms with van der Waals surface area (Å²) in [5.74, 6) is 1.54. The molecule has 0 amide bonds. The summed E-state index contributed by atoms with van der Waals surface area (Å²) in [7, 11) is 0. The molecule has 4 heteroatoms. The molecule has 0 radical (unpaired) electrons. The van der Waals surface area contributed by atoms with Gasteiger partial charge in [0.1, 0.15) is 17.3 Å². The van der Waals surface area contributed by atoms with Gasteiger partial charge in [-0.15, -0.1) is 0 Å². The van der Waals surface area contributed by atoms with Gasteiger partial charge in [-0.05, 0) is 48.5 Å². The maximum atomic E-state index is 7.28. The van der Waals surface area contributed by atoms with Crippen LogP contribution in [0.2, 0.25) is 0 Å². The first kappa shape index (κ1) is 11.7. The maximum absolute atomic E-state index is 7.28. The molecule has 2 aromatic carbocycles. The molecule has 0 aromatic heterocycles. The second-order valence-corrected chi connectivity index (χ2v) is 4.41. The molecule has 0 aliphatic rings. The van der Waals surface area contributed by atoms with Crippen LogP contribution < -0.4 is 10.5 Å². The van der Waals surface area contributed by atoms with Crippen LogP contribution in [0.1, 0.15) is 5.56 Å². The third-order valence-electron chi connectivity index (χ3n) is 2.21. The highest BCUT2D eigenvalue weighted by atomic mass is 79.9. The second-order valence-electron chi connectivity index (χ2n) is 3.49. The molecule has 0 atom stereocenters. The molecule has 3 nitrogen and oxygen atoms in total. The predicted molar refractivity (Wildman–Crippen MR) is 71.7 cm³/mol. The largest absolute Gasteiger partial charge is 0.457 e. The van der Waals surface area contributed by atoms with Crippen molar-refractivity contribution < 1.29 is 4.74 Å². The van der Waals surface area contributed by atoms with Gasteiger partial charge >= 0.3 is 0 Å². The Balaban J connectivity index is 2.13. The van der Waals surface area contributed by atoms with Gasteiger partial charge in [-0.25, -0.2) is 0 Å². The van der Waals surface area contributed by atoms with Crippen LogP contribution in [0.15, 0.2) is 53.0 Å². The first-order chi connectivity index (χ1) is 8.15. The molecular formula is C13H11BrN2O. The molecule has 2 aromatic rings. The van der Waals surface area contributed by atoms with Gasteiger partial charge in [0, 0.05) is 10.0 Å². The number of halogens is 1. The average Bonchev–Trinajstić information content (AvgIpc) is 2.33. The Hall–Kier alpha value is -1.81. The molecule has 0 aliphatic heterocycles. The second kappa shape index (κ2) is 5.01. The van der Waals surface area contributed by atoms with E-state index < -0.39 is 0 Å². The van der Waals surface area contributed by atoms with Crippen LogP contribution in [-0.2, 0) is 0 Å². The minimum absolute atomic E-state index is 0.0557. The smallest absolute Gasteiger partial charge is 0.127 e. The quantitative estimate of drug-likeness (QED) is 0.671. The normalized spacial score (nSPS) is 9.94. The van der Waals surface area contributed by atoms with Crippen molar-refractivity contribution >= 4 is 21.8 Å². The van der Waals surface area contributed by atoms with Crippen LogP contribution in [0.5, 0.6) is 11.5 Å². The zero-order chi connectivity index (χ0) is 12.3. The number of amidine groups is 1. The zero-order valence-electron chi connectivity index (χ0n) is 8.98. The minimum atomic E-state index is 0.0557. The van der Waals surface area contributed by atoms with Crippen LogP contribution in [0.4, 0.5) is 0 Å². The van der Waals surface area contributed by atoms with E-state index in [1.165, 1.54) is 0 Å². The number of hydrogen-bond acceptors (Lipinski definition) is 2. The van der Waals surface area contributed by atoms with Crippen LogP contribution in [0.25, 0.3) is 0 Å². The number of nitrogen functional groups attached to an aromatic ring is 1. The van der Waals surface area contributed by atoms with Crippen LogP contribution >= 0.6 is 15.9 Å². The molecule has 0 aliphatic carbocycles. The SMILES string of the molecule is N=C(N)c1ccc(Oc2ccc(Br)cc2)cc1. The lowest BCUT2D eigenvalue weighted by Gasteiger charge is -2.06. The van der Waals surface area contributed by atoms with E-state index in [4.69, 9.17) is 15.9 Å². The molecule has 0 fully saturated rings. The number of hydrogen-bond donors (Lipinski definition) is 2. The summed E-state index contributed by atoms with van der Waals surface area (Å²) < 4.78 is 6.65. The van der Waals surface area contributed by atoms with Crippen molar-refractivity contribution in [3.05, 3.63) is 58.6 Å². The Kier molecular flexibility index (Phi) is 3.44. The highest BCUT2D eigenvalue weighted by Gasteiger charge is 1.99. The van der Waals surface area contributed by atoms with Crippen LogP contribution in [-0.4, -0.2) is 5.84 Å². The summed E-state index contributed by atoms with van der Waals surface area (Å²) in [4.78, 5) is 0. The summed E-state index contributed by atoms with van der Waals surface area (Å²) in [5, 5.41) is 7.28. The van der Waals surface area contributed by atoms with Gasteiger partial charge in [-0.2, -0.15) is 0 Å². The Labute approximate surface area is 108 Å². The summed E-state index contributed by atoms with van der Waals surface area (Å²) >= 11 is 3.36. The van der Waals surface area contributed by atoms with E-state index in [1.54, 1.807) is 24.3 Å². The molecule has 0 unspecified atom stereocenters. The number of nitrogens with one attached hydrogen (secondary N) is 1. The topological polar surface area (TPSA) is 59.1 Å². The standard InChI is InChI=1S/C13H11BrN2O/c14-10-3-7-12(8-4-10)17-11-5-1-9(2-6-11)13(15)16/h1-8H,(H3,15,16). The molecule has 0 saturated carbocycles. The summed E-state index contributed by atoms with van der Waals surface area (Å²) in [5.41, 5.74) is 6.06. The molecule has 0 spiro atoms. The number of nitrogens with two attached hydrogens (primary N) is 1. The fourth-order valence-corrected chi connectivity index (χ4v) is 1.61. The van der Waals surface area contributed by atoms with E-state index in [9.17, 15) is 0 Å². The van der Waals surface area contributed by atoms with E-state index >= 15 is 0 Å². The highest BCUT2D eigenvalue weighted by molar-refractivity contribution is 9.10. The molecule has 2 rings (SSSR count). The van der Waals surface area contributed by atoms with Gasteiger partial charge in [0.05, 0.1) is 0 Å². The minimum Gasteiger partial charge on any atom is -0.457 e. The fraction of sp³-hybridized carbons (Fsp3) is 0. The molecule has 17 heavy (non-hydrogen) atoms. The highest BCUT2D eigenvalue weighted by Crippen LogP contribution is 2.23. The van der Waals surface area contributed by atoms with E-state index in [-0.39, 0.29) is 5.84 Å². The number of ether oxygens (including phenoxy) is 1. The van der Waals surface area contributed by atoms with Gasteiger partial charge in [0.2, 0.25) is 0 Å². The molecule has 0 bridgehead atoms. The lowest BCUT2D eigenvalue weighted by atomic mass is 10.2. The summed E-state index contributed by atoms with van der Waals surface area (Å²) in [6.07, 6.45) is 0. The summed E-state index contributed by atoms with van der Waals surface area (Å²) in [6.45, 7) is 0. The predicted octanol–water partition coefficient (Wildman–Crippen LogP) is 3.53.